The summed E-state index contributed by atoms with van der Waals surface area (Å²) in [4.78, 5) is 16.0. The number of aromatic nitrogens is 2. The summed E-state index contributed by atoms with van der Waals surface area (Å²) in [6.45, 7) is 6.04. The van der Waals surface area contributed by atoms with E-state index in [-0.39, 0.29) is 6.61 Å². The smallest absolute Gasteiger partial charge is 0.356 e. The van der Waals surface area contributed by atoms with Gasteiger partial charge in [0, 0.05) is 6.20 Å². The van der Waals surface area contributed by atoms with Gasteiger partial charge in [-0.1, -0.05) is 6.07 Å². The normalized spacial score (nSPS) is 11.8. The molecule has 2 aromatic heterocycles. The van der Waals surface area contributed by atoms with Gasteiger partial charge in [0.25, 0.3) is 0 Å². The number of imidazole rings is 1. The fraction of sp³-hybridized carbons (Fsp3) is 0.467. The summed E-state index contributed by atoms with van der Waals surface area (Å²) in [6.07, 6.45) is 3.29. The Balaban J connectivity index is 2.16. The highest BCUT2D eigenvalue weighted by molar-refractivity contribution is 5.88. The Labute approximate surface area is 123 Å². The lowest BCUT2D eigenvalue weighted by Crippen LogP contribution is -2.25. The van der Waals surface area contributed by atoms with E-state index in [2.05, 4.69) is 4.98 Å². The molecule has 2 aromatic rings. The number of pyridine rings is 1. The van der Waals surface area contributed by atoms with Crippen molar-refractivity contribution in [3.8, 4) is 0 Å². The van der Waals surface area contributed by atoms with Crippen molar-refractivity contribution in [1.82, 2.24) is 9.38 Å². The van der Waals surface area contributed by atoms with Gasteiger partial charge in [0.1, 0.15) is 5.65 Å². The zero-order valence-electron chi connectivity index (χ0n) is 12.5. The number of hydrogen-bond donors (Lipinski definition) is 1. The first kappa shape index (κ1) is 15.5. The van der Waals surface area contributed by atoms with Crippen molar-refractivity contribution in [1.29, 1.82) is 0 Å². The molecule has 0 fully saturated rings. The SMILES string of the molecule is CCOC(=O)c1cnc2ccc(COCC(C)(C)O)cn12. The third-order valence-corrected chi connectivity index (χ3v) is 2.78. The third-order valence-electron chi connectivity index (χ3n) is 2.78. The third kappa shape index (κ3) is 4.03. The first-order chi connectivity index (χ1) is 9.90. The first-order valence-electron chi connectivity index (χ1n) is 6.84. The van der Waals surface area contributed by atoms with Crippen LogP contribution in [0.4, 0.5) is 0 Å². The standard InChI is InChI=1S/C15H20N2O4/c1-4-21-14(18)12-7-16-13-6-5-11(8-17(12)13)9-20-10-15(2,3)19/h5-8,19H,4,9-10H2,1-3H3. The molecular weight excluding hydrogens is 272 g/mol. The molecule has 21 heavy (non-hydrogen) atoms. The van der Waals surface area contributed by atoms with Crippen LogP contribution in [0.2, 0.25) is 0 Å². The Kier molecular flexibility index (Phi) is 4.59. The maximum Gasteiger partial charge on any atom is 0.356 e. The molecule has 0 spiro atoms. The van der Waals surface area contributed by atoms with Gasteiger partial charge < -0.3 is 14.6 Å². The molecular formula is C15H20N2O4. The topological polar surface area (TPSA) is 73.1 Å². The van der Waals surface area contributed by atoms with Gasteiger partial charge >= 0.3 is 5.97 Å². The molecule has 1 N–H and O–H groups in total. The molecule has 6 heteroatoms. The molecule has 114 valence electrons. The Morgan fingerprint density at radius 2 is 2.19 bits per heavy atom. The van der Waals surface area contributed by atoms with Crippen molar-refractivity contribution in [3.05, 3.63) is 35.8 Å². The number of rotatable bonds is 6. The highest BCUT2D eigenvalue weighted by atomic mass is 16.5. The van der Waals surface area contributed by atoms with Crippen LogP contribution in [0.1, 0.15) is 36.8 Å². The number of aliphatic hydroxyl groups is 1. The van der Waals surface area contributed by atoms with E-state index in [1.807, 2.05) is 12.1 Å². The number of fused-ring (bicyclic) bond motifs is 1. The maximum atomic E-state index is 11.8. The van der Waals surface area contributed by atoms with Crippen molar-refractivity contribution in [3.63, 3.8) is 0 Å². The Morgan fingerprint density at radius 1 is 1.43 bits per heavy atom. The van der Waals surface area contributed by atoms with Gasteiger partial charge in [-0.2, -0.15) is 0 Å². The van der Waals surface area contributed by atoms with Crippen LogP contribution < -0.4 is 0 Å². The predicted octanol–water partition coefficient (Wildman–Crippen LogP) is 1.80. The second-order valence-corrected chi connectivity index (χ2v) is 5.43. The van der Waals surface area contributed by atoms with E-state index in [0.717, 1.165) is 5.56 Å². The second-order valence-electron chi connectivity index (χ2n) is 5.43. The number of carbonyl (C=O) groups is 1. The Morgan fingerprint density at radius 3 is 2.86 bits per heavy atom. The minimum atomic E-state index is -0.866. The average molecular weight is 292 g/mol. The van der Waals surface area contributed by atoms with Crippen LogP contribution in [0.25, 0.3) is 5.65 Å². The van der Waals surface area contributed by atoms with Crippen LogP contribution in [0.5, 0.6) is 0 Å². The van der Waals surface area contributed by atoms with E-state index >= 15 is 0 Å². The summed E-state index contributed by atoms with van der Waals surface area (Å²) < 4.78 is 12.1. The zero-order valence-corrected chi connectivity index (χ0v) is 12.5. The van der Waals surface area contributed by atoms with Gasteiger partial charge in [-0.15, -0.1) is 0 Å². The summed E-state index contributed by atoms with van der Waals surface area (Å²) in [5, 5.41) is 9.61. The molecule has 0 saturated carbocycles. The Bertz CT molecular complexity index is 628. The first-order valence-corrected chi connectivity index (χ1v) is 6.84. The fourth-order valence-corrected chi connectivity index (χ4v) is 1.88. The molecule has 0 amide bonds. The minimum absolute atomic E-state index is 0.236. The molecule has 0 atom stereocenters. The molecule has 0 aliphatic heterocycles. The van der Waals surface area contributed by atoms with E-state index in [9.17, 15) is 9.90 Å². The molecule has 0 aromatic carbocycles. The molecule has 2 rings (SSSR count). The number of nitrogens with zero attached hydrogens (tertiary/aromatic N) is 2. The maximum absolute atomic E-state index is 11.8. The van der Waals surface area contributed by atoms with Gasteiger partial charge in [0.05, 0.1) is 31.6 Å². The number of carbonyl (C=O) groups excluding carboxylic acids is 1. The van der Waals surface area contributed by atoms with E-state index in [4.69, 9.17) is 9.47 Å². The summed E-state index contributed by atoms with van der Waals surface area (Å²) in [6, 6.07) is 3.69. The van der Waals surface area contributed by atoms with E-state index in [1.165, 1.54) is 6.20 Å². The van der Waals surface area contributed by atoms with Crippen molar-refractivity contribution >= 4 is 11.6 Å². The lowest BCUT2D eigenvalue weighted by molar-refractivity contribution is -0.0269. The van der Waals surface area contributed by atoms with Crippen LogP contribution in [0, 0.1) is 0 Å². The Hall–Kier alpha value is -1.92. The monoisotopic (exact) mass is 292 g/mol. The molecule has 0 bridgehead atoms. The molecule has 2 heterocycles. The average Bonchev–Trinajstić information content (AvgIpc) is 2.80. The van der Waals surface area contributed by atoms with Crippen LogP contribution in [-0.4, -0.2) is 39.3 Å². The van der Waals surface area contributed by atoms with Gasteiger partial charge in [0.15, 0.2) is 5.69 Å². The van der Waals surface area contributed by atoms with Crippen LogP contribution in [-0.2, 0) is 16.1 Å². The van der Waals surface area contributed by atoms with Gasteiger partial charge in [-0.3, -0.25) is 4.40 Å². The largest absolute Gasteiger partial charge is 0.461 e. The number of ether oxygens (including phenoxy) is 2. The van der Waals surface area contributed by atoms with E-state index in [1.54, 1.807) is 31.4 Å². The quantitative estimate of drug-likeness (QED) is 0.822. The van der Waals surface area contributed by atoms with Crippen molar-refractivity contribution in [2.45, 2.75) is 33.0 Å². The second kappa shape index (κ2) is 6.24. The number of esters is 1. The van der Waals surface area contributed by atoms with Crippen molar-refractivity contribution in [2.24, 2.45) is 0 Å². The van der Waals surface area contributed by atoms with Gasteiger partial charge in [-0.25, -0.2) is 9.78 Å². The minimum Gasteiger partial charge on any atom is -0.461 e. The summed E-state index contributed by atoms with van der Waals surface area (Å²) in [5.41, 5.74) is 1.07. The lowest BCUT2D eigenvalue weighted by Gasteiger charge is -2.16. The summed E-state index contributed by atoms with van der Waals surface area (Å²) >= 11 is 0. The highest BCUT2D eigenvalue weighted by Crippen LogP contribution is 2.12. The van der Waals surface area contributed by atoms with E-state index < -0.39 is 11.6 Å². The van der Waals surface area contributed by atoms with Crippen LogP contribution in [0.3, 0.4) is 0 Å². The van der Waals surface area contributed by atoms with Crippen LogP contribution >= 0.6 is 0 Å². The van der Waals surface area contributed by atoms with E-state index in [0.29, 0.717) is 24.6 Å². The lowest BCUT2D eigenvalue weighted by atomic mass is 10.2. The summed E-state index contributed by atoms with van der Waals surface area (Å²) in [7, 11) is 0. The van der Waals surface area contributed by atoms with Crippen LogP contribution in [0.15, 0.2) is 24.5 Å². The molecule has 0 aliphatic rings. The van der Waals surface area contributed by atoms with Crippen molar-refractivity contribution < 1.29 is 19.4 Å². The predicted molar refractivity (Wildman–Crippen MR) is 77.1 cm³/mol. The summed E-state index contributed by atoms with van der Waals surface area (Å²) in [5.74, 6) is -0.403. The number of hydrogen-bond acceptors (Lipinski definition) is 5. The highest BCUT2D eigenvalue weighted by Gasteiger charge is 2.14. The molecule has 6 nitrogen and oxygen atoms in total. The fourth-order valence-electron chi connectivity index (χ4n) is 1.88. The molecule has 0 saturated heterocycles. The molecule has 0 radical (unpaired) electrons. The van der Waals surface area contributed by atoms with Gasteiger partial charge in [0.2, 0.25) is 0 Å². The van der Waals surface area contributed by atoms with Crippen molar-refractivity contribution in [2.75, 3.05) is 13.2 Å². The zero-order chi connectivity index (χ0) is 15.5. The molecule has 0 aliphatic carbocycles. The van der Waals surface area contributed by atoms with Gasteiger partial charge in [-0.05, 0) is 32.4 Å². The molecule has 0 unspecified atom stereocenters.